The fourth-order valence-electron chi connectivity index (χ4n) is 2.16. The molecule has 6 nitrogen and oxygen atoms in total. The zero-order chi connectivity index (χ0) is 16.8. The number of hydrogen-bond acceptors (Lipinski definition) is 3. The molecule has 24 heavy (non-hydrogen) atoms. The fraction of sp³-hybridized carbons (Fsp3) is 0.0556. The van der Waals surface area contributed by atoms with Crippen molar-refractivity contribution < 1.29 is 9.59 Å². The second-order valence-corrected chi connectivity index (χ2v) is 5.13. The number of benzene rings is 2. The van der Waals surface area contributed by atoms with Crippen LogP contribution in [0.3, 0.4) is 0 Å². The molecule has 0 aliphatic rings. The molecule has 3 rings (SSSR count). The highest BCUT2D eigenvalue weighted by molar-refractivity contribution is 6.02. The van der Waals surface area contributed by atoms with Gasteiger partial charge in [0.15, 0.2) is 5.69 Å². The predicted molar refractivity (Wildman–Crippen MR) is 91.7 cm³/mol. The number of amides is 2. The normalized spacial score (nSPS) is 10.2. The minimum Gasteiger partial charge on any atom is -0.324 e. The van der Waals surface area contributed by atoms with Crippen molar-refractivity contribution in [3.8, 4) is 0 Å². The van der Waals surface area contributed by atoms with Gasteiger partial charge in [-0.15, -0.1) is 0 Å². The van der Waals surface area contributed by atoms with Crippen LogP contribution in [0.2, 0.25) is 0 Å². The third-order valence-electron chi connectivity index (χ3n) is 3.27. The van der Waals surface area contributed by atoms with Gasteiger partial charge in [0.25, 0.3) is 5.91 Å². The Hall–Kier alpha value is -3.41. The molecule has 3 aromatic rings. The average Bonchev–Trinajstić information content (AvgIpc) is 3.05. The number of hydrogen-bond donors (Lipinski definition) is 2. The van der Waals surface area contributed by atoms with E-state index in [4.69, 9.17) is 0 Å². The van der Waals surface area contributed by atoms with E-state index in [-0.39, 0.29) is 24.1 Å². The lowest BCUT2D eigenvalue weighted by molar-refractivity contribution is -0.116. The van der Waals surface area contributed by atoms with E-state index < -0.39 is 0 Å². The SMILES string of the molecule is O=C(Cn1ccc(C(=O)Nc2ccccc2)n1)Nc1ccccc1. The Morgan fingerprint density at radius 2 is 1.42 bits per heavy atom. The summed E-state index contributed by atoms with van der Waals surface area (Å²) in [6.45, 7) is 0.0352. The van der Waals surface area contributed by atoms with Gasteiger partial charge >= 0.3 is 0 Å². The molecule has 0 fully saturated rings. The smallest absolute Gasteiger partial charge is 0.276 e. The van der Waals surface area contributed by atoms with Crippen LogP contribution in [0.1, 0.15) is 10.5 Å². The number of para-hydroxylation sites is 2. The Bertz CT molecular complexity index is 828. The van der Waals surface area contributed by atoms with E-state index in [0.29, 0.717) is 5.69 Å². The Balaban J connectivity index is 1.59. The number of carbonyl (C=O) groups is 2. The Labute approximate surface area is 139 Å². The molecule has 2 amide bonds. The van der Waals surface area contributed by atoms with Gasteiger partial charge in [-0.05, 0) is 30.3 Å². The molecular weight excluding hydrogens is 304 g/mol. The maximum absolute atomic E-state index is 12.1. The lowest BCUT2D eigenvalue weighted by Crippen LogP contribution is -2.20. The van der Waals surface area contributed by atoms with Crippen molar-refractivity contribution in [1.29, 1.82) is 0 Å². The van der Waals surface area contributed by atoms with Crippen LogP contribution < -0.4 is 10.6 Å². The van der Waals surface area contributed by atoms with Crippen LogP contribution >= 0.6 is 0 Å². The molecule has 0 radical (unpaired) electrons. The van der Waals surface area contributed by atoms with E-state index in [9.17, 15) is 9.59 Å². The summed E-state index contributed by atoms with van der Waals surface area (Å²) in [7, 11) is 0. The van der Waals surface area contributed by atoms with Gasteiger partial charge in [0.1, 0.15) is 6.54 Å². The first-order valence-electron chi connectivity index (χ1n) is 7.45. The van der Waals surface area contributed by atoms with Crippen LogP contribution in [0.5, 0.6) is 0 Å². The summed E-state index contributed by atoms with van der Waals surface area (Å²) in [6, 6.07) is 19.9. The monoisotopic (exact) mass is 320 g/mol. The molecule has 0 bridgehead atoms. The summed E-state index contributed by atoms with van der Waals surface area (Å²) in [5.74, 6) is -0.525. The number of nitrogens with zero attached hydrogens (tertiary/aromatic N) is 2. The van der Waals surface area contributed by atoms with E-state index in [2.05, 4.69) is 15.7 Å². The number of aromatic nitrogens is 2. The molecule has 1 heterocycles. The highest BCUT2D eigenvalue weighted by Crippen LogP contribution is 2.08. The van der Waals surface area contributed by atoms with Crippen molar-refractivity contribution in [2.45, 2.75) is 6.54 Å². The van der Waals surface area contributed by atoms with Crippen molar-refractivity contribution >= 4 is 23.2 Å². The van der Waals surface area contributed by atoms with Gasteiger partial charge in [0.05, 0.1) is 0 Å². The van der Waals surface area contributed by atoms with Gasteiger partial charge in [-0.25, -0.2) is 0 Å². The number of anilines is 2. The summed E-state index contributed by atoms with van der Waals surface area (Å²) in [5.41, 5.74) is 1.67. The lowest BCUT2D eigenvalue weighted by atomic mass is 10.3. The predicted octanol–water partition coefficient (Wildman–Crippen LogP) is 2.77. The summed E-state index contributed by atoms with van der Waals surface area (Å²) in [6.07, 6.45) is 1.60. The highest BCUT2D eigenvalue weighted by atomic mass is 16.2. The second-order valence-electron chi connectivity index (χ2n) is 5.13. The quantitative estimate of drug-likeness (QED) is 0.759. The van der Waals surface area contributed by atoms with Crippen molar-refractivity contribution in [2.24, 2.45) is 0 Å². The molecule has 0 aliphatic carbocycles. The molecule has 0 aliphatic heterocycles. The minimum atomic E-state index is -0.316. The summed E-state index contributed by atoms with van der Waals surface area (Å²) in [5, 5.41) is 9.65. The zero-order valence-electron chi connectivity index (χ0n) is 12.8. The average molecular weight is 320 g/mol. The van der Waals surface area contributed by atoms with Crippen LogP contribution in [-0.2, 0) is 11.3 Å². The first kappa shape index (κ1) is 15.5. The zero-order valence-corrected chi connectivity index (χ0v) is 12.8. The summed E-state index contributed by atoms with van der Waals surface area (Å²) >= 11 is 0. The summed E-state index contributed by atoms with van der Waals surface area (Å²) < 4.78 is 1.43. The van der Waals surface area contributed by atoms with Gasteiger partial charge in [-0.2, -0.15) is 5.10 Å². The van der Waals surface area contributed by atoms with Crippen LogP contribution in [0.15, 0.2) is 72.9 Å². The van der Waals surface area contributed by atoms with Gasteiger partial charge in [-0.3, -0.25) is 14.3 Å². The van der Waals surface area contributed by atoms with Crippen molar-refractivity contribution in [2.75, 3.05) is 10.6 Å². The van der Waals surface area contributed by atoms with Crippen molar-refractivity contribution in [1.82, 2.24) is 9.78 Å². The van der Waals surface area contributed by atoms with E-state index in [1.165, 1.54) is 4.68 Å². The third kappa shape index (κ3) is 4.07. The fourth-order valence-corrected chi connectivity index (χ4v) is 2.16. The van der Waals surface area contributed by atoms with Crippen LogP contribution in [0, 0.1) is 0 Å². The molecular formula is C18H16N4O2. The van der Waals surface area contributed by atoms with E-state index in [1.54, 1.807) is 36.5 Å². The largest absolute Gasteiger partial charge is 0.324 e. The van der Waals surface area contributed by atoms with Gasteiger partial charge in [0, 0.05) is 17.6 Å². The molecule has 0 spiro atoms. The molecule has 0 saturated heterocycles. The molecule has 6 heteroatoms. The highest BCUT2D eigenvalue weighted by Gasteiger charge is 2.11. The number of nitrogens with one attached hydrogen (secondary N) is 2. The minimum absolute atomic E-state index is 0.0352. The lowest BCUT2D eigenvalue weighted by Gasteiger charge is -2.05. The molecule has 0 atom stereocenters. The Morgan fingerprint density at radius 1 is 0.833 bits per heavy atom. The molecule has 1 aromatic heterocycles. The van der Waals surface area contributed by atoms with Crippen LogP contribution in [0.4, 0.5) is 11.4 Å². The number of rotatable bonds is 5. The van der Waals surface area contributed by atoms with Gasteiger partial charge in [0.2, 0.25) is 5.91 Å². The second kappa shape index (κ2) is 7.23. The molecule has 2 aromatic carbocycles. The maximum atomic E-state index is 12.1. The third-order valence-corrected chi connectivity index (χ3v) is 3.27. The van der Waals surface area contributed by atoms with Crippen LogP contribution in [-0.4, -0.2) is 21.6 Å². The maximum Gasteiger partial charge on any atom is 0.276 e. The Kier molecular flexibility index (Phi) is 4.67. The topological polar surface area (TPSA) is 76.0 Å². The van der Waals surface area contributed by atoms with E-state index in [1.807, 2.05) is 36.4 Å². The molecule has 0 unspecified atom stereocenters. The van der Waals surface area contributed by atoms with Crippen LogP contribution in [0.25, 0.3) is 0 Å². The summed E-state index contributed by atoms with van der Waals surface area (Å²) in [4.78, 5) is 24.1. The molecule has 120 valence electrons. The van der Waals surface area contributed by atoms with E-state index >= 15 is 0 Å². The first-order chi connectivity index (χ1) is 11.7. The van der Waals surface area contributed by atoms with Gasteiger partial charge < -0.3 is 10.6 Å². The van der Waals surface area contributed by atoms with Gasteiger partial charge in [-0.1, -0.05) is 36.4 Å². The molecule has 0 saturated carbocycles. The van der Waals surface area contributed by atoms with Crippen molar-refractivity contribution in [3.63, 3.8) is 0 Å². The molecule has 2 N–H and O–H groups in total. The standard InChI is InChI=1S/C18H16N4O2/c23-17(19-14-7-3-1-4-8-14)13-22-12-11-16(21-22)18(24)20-15-9-5-2-6-10-15/h1-12H,13H2,(H,19,23)(H,20,24). The van der Waals surface area contributed by atoms with E-state index in [0.717, 1.165) is 5.69 Å². The first-order valence-corrected chi connectivity index (χ1v) is 7.45. The van der Waals surface area contributed by atoms with Crippen molar-refractivity contribution in [3.05, 3.63) is 78.6 Å². The number of carbonyl (C=O) groups excluding carboxylic acids is 2. The Morgan fingerprint density at radius 3 is 2.04 bits per heavy atom.